The molecule has 1 aromatic heterocycles. The van der Waals surface area contributed by atoms with Crippen LogP contribution in [0.2, 0.25) is 5.02 Å². The molecule has 0 fully saturated rings. The van der Waals surface area contributed by atoms with Crippen molar-refractivity contribution in [1.82, 2.24) is 4.98 Å². The van der Waals surface area contributed by atoms with Crippen LogP contribution in [0.1, 0.15) is 5.69 Å². The van der Waals surface area contributed by atoms with E-state index in [-0.39, 0.29) is 21.3 Å². The number of rotatable bonds is 3. The number of nitrogens with one attached hydrogen (secondary N) is 1. The SMILES string of the molecule is N#Cc1ncccc1S(=O)(=O)Nc1cc(Cl)c(F)cc1O. The zero-order chi connectivity index (χ0) is 15.6. The summed E-state index contributed by atoms with van der Waals surface area (Å²) in [7, 11) is -4.18. The molecular formula is C12H7ClFN3O3S. The first kappa shape index (κ1) is 15.0. The molecule has 0 spiro atoms. The first-order chi connectivity index (χ1) is 9.85. The van der Waals surface area contributed by atoms with Crippen LogP contribution in [0, 0.1) is 17.1 Å². The van der Waals surface area contributed by atoms with Crippen molar-refractivity contribution < 1.29 is 17.9 Å². The molecule has 0 unspecified atom stereocenters. The van der Waals surface area contributed by atoms with Crippen LogP contribution >= 0.6 is 11.6 Å². The number of benzene rings is 1. The molecule has 0 aliphatic heterocycles. The van der Waals surface area contributed by atoms with Gasteiger partial charge in [0.1, 0.15) is 22.5 Å². The highest BCUT2D eigenvalue weighted by molar-refractivity contribution is 7.92. The number of pyridine rings is 1. The molecule has 21 heavy (non-hydrogen) atoms. The Morgan fingerprint density at radius 2 is 2.14 bits per heavy atom. The second kappa shape index (κ2) is 5.55. The molecule has 0 aliphatic rings. The van der Waals surface area contributed by atoms with E-state index in [9.17, 15) is 17.9 Å². The van der Waals surface area contributed by atoms with E-state index in [1.165, 1.54) is 18.3 Å². The summed E-state index contributed by atoms with van der Waals surface area (Å²) in [6.45, 7) is 0. The largest absolute Gasteiger partial charge is 0.506 e. The minimum atomic E-state index is -4.18. The molecule has 0 atom stereocenters. The predicted molar refractivity (Wildman–Crippen MR) is 72.8 cm³/mol. The maximum atomic E-state index is 13.1. The minimum Gasteiger partial charge on any atom is -0.506 e. The molecule has 108 valence electrons. The fourth-order valence-electron chi connectivity index (χ4n) is 1.51. The lowest BCUT2D eigenvalue weighted by atomic mass is 10.3. The van der Waals surface area contributed by atoms with Gasteiger partial charge in [0.25, 0.3) is 10.0 Å². The number of halogens is 2. The third kappa shape index (κ3) is 3.04. The van der Waals surface area contributed by atoms with Crippen molar-refractivity contribution in [3.05, 3.63) is 47.0 Å². The maximum Gasteiger partial charge on any atom is 0.264 e. The second-order valence-electron chi connectivity index (χ2n) is 3.85. The van der Waals surface area contributed by atoms with Gasteiger partial charge < -0.3 is 5.11 Å². The quantitative estimate of drug-likeness (QED) is 0.841. The Morgan fingerprint density at radius 3 is 2.81 bits per heavy atom. The molecule has 0 radical (unpaired) electrons. The van der Waals surface area contributed by atoms with Crippen molar-refractivity contribution >= 4 is 27.3 Å². The van der Waals surface area contributed by atoms with Crippen molar-refractivity contribution in [3.63, 3.8) is 0 Å². The molecule has 1 heterocycles. The molecule has 0 amide bonds. The summed E-state index contributed by atoms with van der Waals surface area (Å²) < 4.78 is 39.5. The summed E-state index contributed by atoms with van der Waals surface area (Å²) in [5, 5.41) is 18.0. The summed E-state index contributed by atoms with van der Waals surface area (Å²) in [5.41, 5.74) is -0.619. The Balaban J connectivity index is 2.48. The van der Waals surface area contributed by atoms with Crippen LogP contribution in [0.5, 0.6) is 5.75 Å². The number of phenolic OH excluding ortho intramolecular Hbond substituents is 1. The van der Waals surface area contributed by atoms with E-state index in [2.05, 4.69) is 4.98 Å². The molecule has 0 saturated heterocycles. The standard InChI is InChI=1S/C12H7ClFN3O3S/c13-7-4-9(11(18)5-8(7)14)17-21(19,20)12-2-1-3-16-10(12)6-15/h1-5,17-18H. The van der Waals surface area contributed by atoms with Gasteiger partial charge in [0.2, 0.25) is 0 Å². The normalized spacial score (nSPS) is 10.9. The molecule has 2 aromatic rings. The first-order valence-corrected chi connectivity index (χ1v) is 7.27. The Bertz CT molecular complexity index is 849. The lowest BCUT2D eigenvalue weighted by Gasteiger charge is -2.10. The molecule has 0 bridgehead atoms. The monoisotopic (exact) mass is 327 g/mol. The zero-order valence-corrected chi connectivity index (χ0v) is 11.8. The van der Waals surface area contributed by atoms with Gasteiger partial charge in [-0.3, -0.25) is 4.72 Å². The summed E-state index contributed by atoms with van der Waals surface area (Å²) >= 11 is 5.53. The average molecular weight is 328 g/mol. The van der Waals surface area contributed by atoms with Gasteiger partial charge in [-0.05, 0) is 18.2 Å². The number of aromatic hydroxyl groups is 1. The minimum absolute atomic E-state index is 0.308. The van der Waals surface area contributed by atoms with Gasteiger partial charge in [-0.15, -0.1) is 0 Å². The number of nitrogens with zero attached hydrogens (tertiary/aromatic N) is 2. The van der Waals surface area contributed by atoms with Gasteiger partial charge in [-0.25, -0.2) is 17.8 Å². The summed E-state index contributed by atoms with van der Waals surface area (Å²) in [4.78, 5) is 3.26. The Morgan fingerprint density at radius 1 is 1.43 bits per heavy atom. The lowest BCUT2D eigenvalue weighted by molar-refractivity contribution is 0.471. The van der Waals surface area contributed by atoms with Gasteiger partial charge in [0, 0.05) is 12.3 Å². The van der Waals surface area contributed by atoms with Gasteiger partial charge in [-0.1, -0.05) is 11.6 Å². The molecule has 9 heteroatoms. The summed E-state index contributed by atoms with van der Waals surface area (Å²) in [5.74, 6) is -1.53. The van der Waals surface area contributed by atoms with E-state index in [4.69, 9.17) is 16.9 Å². The van der Waals surface area contributed by atoms with Crippen LogP contribution in [-0.4, -0.2) is 18.5 Å². The van der Waals surface area contributed by atoms with Crippen molar-refractivity contribution in [1.29, 1.82) is 5.26 Å². The smallest absolute Gasteiger partial charge is 0.264 e. The Kier molecular flexibility index (Phi) is 3.97. The van der Waals surface area contributed by atoms with Crippen LogP contribution in [0.25, 0.3) is 0 Å². The fourth-order valence-corrected chi connectivity index (χ4v) is 2.85. The summed E-state index contributed by atoms with van der Waals surface area (Å²) in [6.07, 6.45) is 1.27. The van der Waals surface area contributed by atoms with Crippen LogP contribution in [0.3, 0.4) is 0 Å². The van der Waals surface area contributed by atoms with E-state index in [0.717, 1.165) is 6.07 Å². The van der Waals surface area contributed by atoms with E-state index >= 15 is 0 Å². The highest BCUT2D eigenvalue weighted by Gasteiger charge is 2.21. The van der Waals surface area contributed by atoms with Crippen LogP contribution in [-0.2, 0) is 10.0 Å². The zero-order valence-electron chi connectivity index (χ0n) is 10.2. The van der Waals surface area contributed by atoms with Gasteiger partial charge in [0.15, 0.2) is 5.69 Å². The maximum absolute atomic E-state index is 13.1. The van der Waals surface area contributed by atoms with Gasteiger partial charge in [-0.2, -0.15) is 5.26 Å². The number of hydrogen-bond acceptors (Lipinski definition) is 5. The van der Waals surface area contributed by atoms with Crippen molar-refractivity contribution in [2.45, 2.75) is 4.90 Å². The topological polar surface area (TPSA) is 103 Å². The molecule has 0 aliphatic carbocycles. The van der Waals surface area contributed by atoms with Crippen LogP contribution in [0.4, 0.5) is 10.1 Å². The van der Waals surface area contributed by atoms with E-state index in [1.807, 2.05) is 4.72 Å². The number of hydrogen-bond donors (Lipinski definition) is 2. The van der Waals surface area contributed by atoms with E-state index in [0.29, 0.717) is 6.07 Å². The van der Waals surface area contributed by atoms with Crippen LogP contribution < -0.4 is 4.72 Å². The van der Waals surface area contributed by atoms with E-state index in [1.54, 1.807) is 6.07 Å². The first-order valence-electron chi connectivity index (χ1n) is 5.41. The molecule has 2 rings (SSSR count). The van der Waals surface area contributed by atoms with Crippen molar-refractivity contribution in [3.8, 4) is 11.8 Å². The third-order valence-electron chi connectivity index (χ3n) is 2.45. The molecule has 6 nitrogen and oxygen atoms in total. The molecule has 0 saturated carbocycles. The number of phenols is 1. The third-order valence-corrected chi connectivity index (χ3v) is 4.14. The van der Waals surface area contributed by atoms with Crippen LogP contribution in [0.15, 0.2) is 35.4 Å². The Hall–Kier alpha value is -2.37. The van der Waals surface area contributed by atoms with Gasteiger partial charge >= 0.3 is 0 Å². The van der Waals surface area contributed by atoms with Crippen molar-refractivity contribution in [2.24, 2.45) is 0 Å². The number of sulfonamides is 1. The highest BCUT2D eigenvalue weighted by atomic mass is 35.5. The average Bonchev–Trinajstić information content (AvgIpc) is 2.44. The highest BCUT2D eigenvalue weighted by Crippen LogP contribution is 2.31. The van der Waals surface area contributed by atoms with Gasteiger partial charge in [0.05, 0.1) is 10.7 Å². The van der Waals surface area contributed by atoms with Crippen molar-refractivity contribution in [2.75, 3.05) is 4.72 Å². The van der Waals surface area contributed by atoms with E-state index < -0.39 is 21.6 Å². The molecule has 1 aromatic carbocycles. The predicted octanol–water partition coefficient (Wildman–Crippen LogP) is 2.25. The molecule has 2 N–H and O–H groups in total. The lowest BCUT2D eigenvalue weighted by Crippen LogP contribution is -2.15. The fraction of sp³-hybridized carbons (Fsp3) is 0. The number of aromatic nitrogens is 1. The Labute approximate surface area is 124 Å². The molecular weight excluding hydrogens is 321 g/mol. The number of anilines is 1. The summed E-state index contributed by atoms with van der Waals surface area (Å²) in [6, 6.07) is 5.76. The number of nitriles is 1. The second-order valence-corrected chi connectivity index (χ2v) is 5.91.